The summed E-state index contributed by atoms with van der Waals surface area (Å²) in [5.41, 5.74) is 14.3. The van der Waals surface area contributed by atoms with Crippen LogP contribution in [0, 0.1) is 5.41 Å². The molecular formula is C26H38N6O3. The van der Waals surface area contributed by atoms with Gasteiger partial charge in [-0.05, 0) is 75.9 Å². The molecule has 35 heavy (non-hydrogen) atoms. The van der Waals surface area contributed by atoms with Crippen molar-refractivity contribution in [1.29, 1.82) is 5.41 Å². The van der Waals surface area contributed by atoms with Crippen LogP contribution < -0.4 is 11.5 Å². The number of rotatable bonds is 10. The number of carbonyl (C=O) groups excluding carboxylic acids is 2. The Hall–Kier alpha value is -2.91. The maximum Gasteiger partial charge on any atom is 0.240 e. The number of carbonyl (C=O) groups is 2. The van der Waals surface area contributed by atoms with Crippen LogP contribution in [0.15, 0.2) is 24.3 Å². The molecule has 3 heterocycles. The van der Waals surface area contributed by atoms with E-state index in [4.69, 9.17) is 16.9 Å². The number of nitrogen functional groups attached to an aromatic ring is 1. The zero-order chi connectivity index (χ0) is 25.1. The van der Waals surface area contributed by atoms with Crippen LogP contribution in [0.25, 0.3) is 10.9 Å². The predicted molar refractivity (Wildman–Crippen MR) is 136 cm³/mol. The molecule has 3 atom stereocenters. The zero-order valence-electron chi connectivity index (χ0n) is 20.6. The van der Waals surface area contributed by atoms with Crippen LogP contribution in [0.3, 0.4) is 0 Å². The zero-order valence-corrected chi connectivity index (χ0v) is 20.6. The van der Waals surface area contributed by atoms with E-state index in [-0.39, 0.29) is 36.9 Å². The van der Waals surface area contributed by atoms with Crippen LogP contribution in [-0.2, 0) is 22.6 Å². The first-order valence-corrected chi connectivity index (χ1v) is 12.8. The number of amidine groups is 1. The third-order valence-electron chi connectivity index (χ3n) is 7.72. The molecule has 4 rings (SSSR count). The fourth-order valence-corrected chi connectivity index (χ4v) is 6.01. The van der Waals surface area contributed by atoms with E-state index < -0.39 is 11.9 Å². The maximum atomic E-state index is 13.6. The molecule has 2 saturated heterocycles. The lowest BCUT2D eigenvalue weighted by atomic mass is 10.0. The van der Waals surface area contributed by atoms with Crippen LogP contribution >= 0.6 is 0 Å². The summed E-state index contributed by atoms with van der Waals surface area (Å²) in [6.07, 6.45) is 5.53. The Morgan fingerprint density at radius 1 is 1.17 bits per heavy atom. The summed E-state index contributed by atoms with van der Waals surface area (Å²) >= 11 is 0. The number of primary amides is 1. The summed E-state index contributed by atoms with van der Waals surface area (Å²) in [5, 5.41) is 18.3. The van der Waals surface area contributed by atoms with Gasteiger partial charge in [-0.25, -0.2) is 0 Å². The number of aromatic nitrogens is 1. The second-order valence-electron chi connectivity index (χ2n) is 9.76. The fourth-order valence-electron chi connectivity index (χ4n) is 6.01. The number of likely N-dealkylation sites (tertiary alicyclic amines) is 2. The Balaban J connectivity index is 1.48. The molecule has 190 valence electrons. The number of hydrogen-bond acceptors (Lipinski definition) is 5. The van der Waals surface area contributed by atoms with Gasteiger partial charge in [0.25, 0.3) is 0 Å². The topological polar surface area (TPSA) is 142 Å². The first-order valence-electron chi connectivity index (χ1n) is 12.8. The Morgan fingerprint density at radius 2 is 1.94 bits per heavy atom. The second-order valence-corrected chi connectivity index (χ2v) is 9.76. The summed E-state index contributed by atoms with van der Waals surface area (Å²) in [7, 11) is 0. The number of nitrogens with zero attached hydrogens (tertiary/aromatic N) is 3. The second kappa shape index (κ2) is 10.8. The minimum absolute atomic E-state index is 0.0657. The molecule has 2 aliphatic rings. The summed E-state index contributed by atoms with van der Waals surface area (Å²) < 4.78 is 2.27. The van der Waals surface area contributed by atoms with Gasteiger partial charge in [0.15, 0.2) is 0 Å². The molecule has 2 aromatic rings. The Morgan fingerprint density at radius 3 is 2.63 bits per heavy atom. The average molecular weight is 483 g/mol. The fraction of sp³-hybridized carbons (Fsp3) is 0.577. The molecule has 1 aromatic carbocycles. The number of hydrogen-bond donors (Lipinski definition) is 4. The van der Waals surface area contributed by atoms with Crippen molar-refractivity contribution in [2.45, 2.75) is 76.5 Å². The van der Waals surface area contributed by atoms with E-state index in [1.165, 1.54) is 5.69 Å². The normalized spacial score (nSPS) is 21.6. The van der Waals surface area contributed by atoms with Crippen molar-refractivity contribution in [3.8, 4) is 0 Å². The maximum absolute atomic E-state index is 13.6. The minimum Gasteiger partial charge on any atom is -0.396 e. The number of aliphatic hydroxyl groups is 1. The van der Waals surface area contributed by atoms with Gasteiger partial charge in [-0.3, -0.25) is 19.9 Å². The number of nitrogens with one attached hydrogen (secondary N) is 1. The molecule has 1 unspecified atom stereocenters. The van der Waals surface area contributed by atoms with Gasteiger partial charge in [0, 0.05) is 42.5 Å². The Labute approximate surface area is 206 Å². The molecule has 2 fully saturated rings. The number of fused-ring (bicyclic) bond motifs is 1. The summed E-state index contributed by atoms with van der Waals surface area (Å²) in [6.45, 7) is 4.21. The Bertz CT molecular complexity index is 1100. The molecule has 1 aromatic heterocycles. The standard InChI is InChI=1S/C26H38N6O3/c1-2-30-20(15-17-7-8-18(24(27)28)16-23(17)30)10-9-19-5-3-12-31(19)26(35)22-6-4-13-32(22)21(11-14-33)25(29)34/h7-8,15-16,19,21-22,33H,2-6,9-14H2,1H3,(H3,27,28)(H2,29,34)/t19?,21-,22+/m1/s1. The van der Waals surface area contributed by atoms with Crippen LogP contribution in [0.2, 0.25) is 0 Å². The average Bonchev–Trinajstić information content (AvgIpc) is 3.57. The molecule has 9 heteroatoms. The largest absolute Gasteiger partial charge is 0.396 e. The van der Waals surface area contributed by atoms with Crippen LogP contribution in [0.1, 0.15) is 56.7 Å². The summed E-state index contributed by atoms with van der Waals surface area (Å²) in [6, 6.07) is 7.31. The monoisotopic (exact) mass is 482 g/mol. The molecule has 9 nitrogen and oxygen atoms in total. The van der Waals surface area contributed by atoms with E-state index in [1.54, 1.807) is 0 Å². The lowest BCUT2D eigenvalue weighted by Gasteiger charge is -2.34. The minimum atomic E-state index is -0.599. The smallest absolute Gasteiger partial charge is 0.240 e. The number of nitrogens with two attached hydrogens (primary N) is 2. The van der Waals surface area contributed by atoms with E-state index in [2.05, 4.69) is 17.6 Å². The van der Waals surface area contributed by atoms with Crippen molar-refractivity contribution in [3.63, 3.8) is 0 Å². The highest BCUT2D eigenvalue weighted by Gasteiger charge is 2.41. The van der Waals surface area contributed by atoms with Gasteiger partial charge in [0.05, 0.1) is 12.1 Å². The molecule has 0 spiro atoms. The molecule has 2 amide bonds. The van der Waals surface area contributed by atoms with Gasteiger partial charge in [0.1, 0.15) is 5.84 Å². The third kappa shape index (κ3) is 5.06. The molecule has 0 aliphatic carbocycles. The summed E-state index contributed by atoms with van der Waals surface area (Å²) in [5.74, 6) is -0.315. The van der Waals surface area contributed by atoms with Crippen molar-refractivity contribution in [2.75, 3.05) is 19.7 Å². The van der Waals surface area contributed by atoms with Gasteiger partial charge in [-0.1, -0.05) is 12.1 Å². The van der Waals surface area contributed by atoms with Crippen molar-refractivity contribution < 1.29 is 14.7 Å². The van der Waals surface area contributed by atoms with Gasteiger partial charge in [0.2, 0.25) is 11.8 Å². The van der Waals surface area contributed by atoms with Crippen LogP contribution in [0.4, 0.5) is 0 Å². The molecular weight excluding hydrogens is 444 g/mol. The number of aryl methyl sites for hydroxylation is 2. The van der Waals surface area contributed by atoms with Gasteiger partial charge < -0.3 is 26.0 Å². The van der Waals surface area contributed by atoms with E-state index in [9.17, 15) is 14.7 Å². The molecule has 0 radical (unpaired) electrons. The number of aliphatic hydroxyl groups excluding tert-OH is 1. The van der Waals surface area contributed by atoms with Gasteiger partial charge in [-0.2, -0.15) is 0 Å². The first-order chi connectivity index (χ1) is 16.8. The third-order valence-corrected chi connectivity index (χ3v) is 7.72. The van der Waals surface area contributed by atoms with E-state index in [0.29, 0.717) is 6.54 Å². The van der Waals surface area contributed by atoms with Crippen LogP contribution in [-0.4, -0.2) is 74.9 Å². The quantitative estimate of drug-likeness (QED) is 0.300. The highest BCUT2D eigenvalue weighted by Crippen LogP contribution is 2.30. The number of benzene rings is 1. The molecule has 0 saturated carbocycles. The Kier molecular flexibility index (Phi) is 7.76. The predicted octanol–water partition coefficient (Wildman–Crippen LogP) is 1.57. The van der Waals surface area contributed by atoms with E-state index >= 15 is 0 Å². The number of amides is 2. The van der Waals surface area contributed by atoms with Crippen molar-refractivity contribution in [3.05, 3.63) is 35.5 Å². The van der Waals surface area contributed by atoms with Crippen molar-refractivity contribution in [1.82, 2.24) is 14.4 Å². The van der Waals surface area contributed by atoms with Crippen LogP contribution in [0.5, 0.6) is 0 Å². The summed E-state index contributed by atoms with van der Waals surface area (Å²) in [4.78, 5) is 29.5. The van der Waals surface area contributed by atoms with E-state index in [1.807, 2.05) is 28.0 Å². The van der Waals surface area contributed by atoms with Gasteiger partial charge in [-0.15, -0.1) is 0 Å². The lowest BCUT2D eigenvalue weighted by molar-refractivity contribution is -0.139. The molecule has 6 N–H and O–H groups in total. The van der Waals surface area contributed by atoms with E-state index in [0.717, 1.165) is 68.1 Å². The highest BCUT2D eigenvalue weighted by molar-refractivity contribution is 5.98. The van der Waals surface area contributed by atoms with Gasteiger partial charge >= 0.3 is 0 Å². The highest BCUT2D eigenvalue weighted by atomic mass is 16.3. The van der Waals surface area contributed by atoms with Crippen molar-refractivity contribution >= 4 is 28.6 Å². The molecule has 2 aliphatic heterocycles. The first kappa shape index (κ1) is 25.2. The molecule has 0 bridgehead atoms. The SMILES string of the molecule is CCn1c(CCC2CCCN2C(=O)[C@@H]2CCCN2[C@H](CCO)C(N)=O)cc2ccc(C(=N)N)cc21. The lowest BCUT2D eigenvalue weighted by Crippen LogP contribution is -2.54. The van der Waals surface area contributed by atoms with Crippen molar-refractivity contribution in [2.24, 2.45) is 11.5 Å².